The number of benzene rings is 18. The second-order valence-corrected chi connectivity index (χ2v) is 35.3. The van der Waals surface area contributed by atoms with Gasteiger partial charge in [0.05, 0.1) is 51.6 Å². The number of aromatic nitrogens is 2. The van der Waals surface area contributed by atoms with Crippen molar-refractivity contribution in [2.75, 3.05) is 9.80 Å². The molecule has 2 aromatic heterocycles. The van der Waals surface area contributed by atoms with E-state index in [0.717, 1.165) is 184 Å². The number of hydrogen-bond acceptors (Lipinski definition) is 3. The predicted molar refractivity (Wildman–Crippen MR) is 526 cm³/mol. The monoisotopic (exact) mass is 1600 g/mol. The summed E-state index contributed by atoms with van der Waals surface area (Å²) in [6.45, 7) is 22.5. The number of rotatable bonds is 13. The molecule has 0 aliphatic carbocycles. The molecular weight excluding hydrogens is 1510 g/mol. The Labute approximate surface area is 730 Å². The number of fused-ring (bicyclic) bond motifs is 10. The van der Waals surface area contributed by atoms with Crippen LogP contribution in [0.4, 0.5) is 39.8 Å². The van der Waals surface area contributed by atoms with Crippen molar-refractivity contribution in [1.29, 1.82) is 5.26 Å². The topological polar surface area (TPSA) is 44.5 Å². The molecule has 0 N–H and O–H groups in total. The van der Waals surface area contributed by atoms with Crippen LogP contribution < -0.4 is 26.2 Å². The van der Waals surface area contributed by atoms with Crippen molar-refractivity contribution in [1.82, 2.24) is 9.13 Å². The van der Waals surface area contributed by atoms with E-state index in [0.29, 0.717) is 11.3 Å². The molecule has 125 heavy (non-hydrogen) atoms. The fourth-order valence-corrected chi connectivity index (χ4v) is 19.8. The number of nitriles is 1. The summed E-state index contributed by atoms with van der Waals surface area (Å²) < 4.78 is 4.92. The molecule has 18 aromatic carbocycles. The van der Waals surface area contributed by atoms with Gasteiger partial charge in [0.2, 0.25) is 0 Å². The molecule has 0 saturated heterocycles. The molecule has 22 rings (SSSR count). The molecule has 2 aliphatic heterocycles. The Morgan fingerprint density at radius 2 is 0.608 bits per heavy atom. The van der Waals surface area contributed by atoms with Crippen LogP contribution in [0, 0.1) is 17.9 Å². The van der Waals surface area contributed by atoms with Crippen molar-refractivity contribution >= 4 is 107 Å². The average Bonchev–Trinajstić information content (AvgIpc) is 1.57. The molecule has 20 aromatic rings. The van der Waals surface area contributed by atoms with Gasteiger partial charge in [-0.2, -0.15) is 5.26 Å². The first-order valence-electron chi connectivity index (χ1n) is 43.1. The number of nitrogens with zero attached hydrogens (tertiary/aromatic N) is 6. The number of hydrogen-bond donors (Lipinski definition) is 0. The summed E-state index contributed by atoms with van der Waals surface area (Å²) in [5.41, 5.74) is 36.6. The van der Waals surface area contributed by atoms with E-state index < -0.39 is 6.71 Å². The minimum Gasteiger partial charge on any atom is -0.310 e. The Morgan fingerprint density at radius 3 is 1.02 bits per heavy atom. The second kappa shape index (κ2) is 30.1. The molecule has 2 aliphatic rings. The summed E-state index contributed by atoms with van der Waals surface area (Å²) in [4.78, 5) is 9.74. The summed E-state index contributed by atoms with van der Waals surface area (Å²) in [7, 11) is 0. The van der Waals surface area contributed by atoms with E-state index in [1.54, 1.807) is 0 Å². The summed E-state index contributed by atoms with van der Waals surface area (Å²) in [5, 5.41) is 16.6. The van der Waals surface area contributed by atoms with Crippen LogP contribution in [0.5, 0.6) is 0 Å². The third-order valence-electron chi connectivity index (χ3n) is 25.9. The third-order valence-corrected chi connectivity index (χ3v) is 25.9. The molecule has 0 saturated carbocycles. The summed E-state index contributed by atoms with van der Waals surface area (Å²) in [6, 6.07) is 152. The Morgan fingerprint density at radius 1 is 0.272 bits per heavy atom. The van der Waals surface area contributed by atoms with Gasteiger partial charge in [-0.15, -0.1) is 0 Å². The SMILES string of the molecule is [C-]#[N+]c1ccccc1-c1cc(-c2ccc(C(C)(C)C)cc2)cc(-c2cccc(-c3ccccc3)c2)c1N1c2cc(-n3c4ccccc4c4ccccc43)ccc2B2c3ccc(-n4c5ccccc5c5ccccc54)cc3N(c3c(-c4cccc(-c5ccccc5)c4)cc(-c4ccc(C(C)(C)C)cc4)cc3-c3ccccc3C#N)c3cc(-c4ccccc4)cc1c32. The maximum Gasteiger partial charge on any atom is 0.252 e. The summed E-state index contributed by atoms with van der Waals surface area (Å²) in [6.07, 6.45) is 0. The smallest absolute Gasteiger partial charge is 0.252 e. The Balaban J connectivity index is 0.939. The van der Waals surface area contributed by atoms with Gasteiger partial charge in [-0.3, -0.25) is 0 Å². The first kappa shape index (κ1) is 75.4. The first-order chi connectivity index (χ1) is 61.2. The molecule has 590 valence electrons. The zero-order chi connectivity index (χ0) is 84.3. The van der Waals surface area contributed by atoms with Crippen molar-refractivity contribution in [3.63, 3.8) is 0 Å². The van der Waals surface area contributed by atoms with Gasteiger partial charge in [-0.25, -0.2) is 4.85 Å². The lowest BCUT2D eigenvalue weighted by Crippen LogP contribution is -2.61. The Bertz CT molecular complexity index is 7270. The highest BCUT2D eigenvalue weighted by molar-refractivity contribution is 7.00. The quantitative estimate of drug-likeness (QED) is 0.0854. The minimum absolute atomic E-state index is 0.0962. The van der Waals surface area contributed by atoms with Gasteiger partial charge < -0.3 is 18.9 Å². The molecule has 4 heterocycles. The summed E-state index contributed by atoms with van der Waals surface area (Å²) in [5.74, 6) is 0. The van der Waals surface area contributed by atoms with Crippen LogP contribution in [0.3, 0.4) is 0 Å². The lowest BCUT2D eigenvalue weighted by Gasteiger charge is -2.46. The molecule has 0 bridgehead atoms. The third kappa shape index (κ3) is 12.8. The van der Waals surface area contributed by atoms with E-state index in [-0.39, 0.29) is 10.8 Å². The minimum atomic E-state index is -0.438. The van der Waals surface area contributed by atoms with Crippen LogP contribution in [0.1, 0.15) is 58.2 Å². The highest BCUT2D eigenvalue weighted by Gasteiger charge is 2.47. The van der Waals surface area contributed by atoms with Gasteiger partial charge >= 0.3 is 0 Å². The van der Waals surface area contributed by atoms with Crippen molar-refractivity contribution in [2.24, 2.45) is 0 Å². The predicted octanol–water partition coefficient (Wildman–Crippen LogP) is 30.0. The lowest BCUT2D eigenvalue weighted by molar-refractivity contribution is 0.590. The van der Waals surface area contributed by atoms with E-state index in [2.05, 4.69) is 454 Å². The molecule has 0 atom stereocenters. The van der Waals surface area contributed by atoms with E-state index >= 15 is 0 Å². The van der Waals surface area contributed by atoms with Crippen molar-refractivity contribution in [3.05, 3.63) is 435 Å². The van der Waals surface area contributed by atoms with E-state index in [4.69, 9.17) is 0 Å². The Kier molecular flexibility index (Phi) is 18.2. The van der Waals surface area contributed by atoms with Crippen LogP contribution >= 0.6 is 0 Å². The number of anilines is 6. The average molecular weight is 1600 g/mol. The van der Waals surface area contributed by atoms with Crippen molar-refractivity contribution < 1.29 is 0 Å². The molecule has 0 spiro atoms. The molecule has 6 nitrogen and oxygen atoms in total. The zero-order valence-electron chi connectivity index (χ0n) is 70.4. The van der Waals surface area contributed by atoms with Crippen LogP contribution in [0.15, 0.2) is 406 Å². The van der Waals surface area contributed by atoms with Gasteiger partial charge in [0.1, 0.15) is 0 Å². The van der Waals surface area contributed by atoms with Gasteiger partial charge in [-0.05, 0) is 219 Å². The standard InChI is InChI=1S/C118H85BN6/c1-117(2,3)89-57-53-79(54-58-89)86-67-99(83-40-29-38-81(65-83)76-31-11-8-12-32-76)115(101(69-86)93-42-18-17-37-85(93)75-120)124-110-73-91(122-106-49-25-20-44-95(106)96-45-21-26-50-107(96)122)61-63-103(110)119-104-64-62-92(123-108-51-27-22-46-97(108)98-47-23-28-52-109(98)123)74-111(104)125(113-72-88(71-112(124)114(113)119)78-35-15-10-16-36-78)116-100(84-41-30-39-82(66-84)77-33-13-9-14-34-77)68-87(80-55-59-90(60-56-80)118(4,5)6)70-102(116)94-43-19-24-48-105(94)121-7/h8-74H,1-6H3. The van der Waals surface area contributed by atoms with Crippen LogP contribution in [0.2, 0.25) is 0 Å². The molecule has 0 radical (unpaired) electrons. The molecule has 7 heteroatoms. The molecule has 0 unspecified atom stereocenters. The fourth-order valence-electron chi connectivity index (χ4n) is 19.8. The summed E-state index contributed by atoms with van der Waals surface area (Å²) >= 11 is 0. The Hall–Kier alpha value is -15.8. The van der Waals surface area contributed by atoms with Gasteiger partial charge in [0, 0.05) is 77.9 Å². The largest absolute Gasteiger partial charge is 0.310 e. The zero-order valence-corrected chi connectivity index (χ0v) is 70.4. The fraction of sp³-hybridized carbons (Fsp3) is 0.0678. The molecule has 0 fully saturated rings. The van der Waals surface area contributed by atoms with E-state index in [1.807, 2.05) is 24.3 Å². The van der Waals surface area contributed by atoms with Crippen molar-refractivity contribution in [3.8, 4) is 118 Å². The van der Waals surface area contributed by atoms with E-state index in [1.165, 1.54) is 32.7 Å². The highest BCUT2D eigenvalue weighted by atomic mass is 15.2. The van der Waals surface area contributed by atoms with Gasteiger partial charge in [0.15, 0.2) is 5.69 Å². The number of para-hydroxylation sites is 5. The maximum absolute atomic E-state index is 11.9. The molecule has 0 amide bonds. The maximum atomic E-state index is 11.9. The van der Waals surface area contributed by atoms with Gasteiger partial charge in [-0.1, -0.05) is 345 Å². The lowest BCUT2D eigenvalue weighted by atomic mass is 9.33. The van der Waals surface area contributed by atoms with Crippen molar-refractivity contribution in [2.45, 2.75) is 52.4 Å². The van der Waals surface area contributed by atoms with Crippen LogP contribution in [0.25, 0.3) is 160 Å². The normalized spacial score (nSPS) is 12.3. The van der Waals surface area contributed by atoms with Crippen LogP contribution in [-0.4, -0.2) is 15.8 Å². The highest BCUT2D eigenvalue weighted by Crippen LogP contribution is 2.57. The van der Waals surface area contributed by atoms with Crippen LogP contribution in [-0.2, 0) is 10.8 Å². The first-order valence-corrected chi connectivity index (χ1v) is 43.1. The van der Waals surface area contributed by atoms with E-state index in [9.17, 15) is 11.8 Å². The molecular formula is C118H85BN6. The second-order valence-electron chi connectivity index (χ2n) is 35.3. The van der Waals surface area contributed by atoms with Gasteiger partial charge in [0.25, 0.3) is 6.71 Å².